The van der Waals surface area contributed by atoms with Crippen LogP contribution in [0.2, 0.25) is 0 Å². The van der Waals surface area contributed by atoms with Gasteiger partial charge in [-0.3, -0.25) is 9.59 Å². The number of furan rings is 1. The van der Waals surface area contributed by atoms with Gasteiger partial charge in [0.15, 0.2) is 5.76 Å². The lowest BCUT2D eigenvalue weighted by Gasteiger charge is -2.08. The summed E-state index contributed by atoms with van der Waals surface area (Å²) in [5.74, 6) is 0.433. The van der Waals surface area contributed by atoms with Crippen LogP contribution in [0.25, 0.3) is 11.3 Å². The van der Waals surface area contributed by atoms with E-state index in [9.17, 15) is 9.59 Å². The monoisotopic (exact) mass is 426 g/mol. The molecule has 2 aromatic carbocycles. The van der Waals surface area contributed by atoms with E-state index in [1.165, 1.54) is 0 Å². The van der Waals surface area contributed by atoms with Gasteiger partial charge < -0.3 is 15.1 Å². The summed E-state index contributed by atoms with van der Waals surface area (Å²) in [6, 6.07) is 18.1. The minimum atomic E-state index is -0.351. The van der Waals surface area contributed by atoms with E-state index in [4.69, 9.17) is 4.42 Å². The molecular weight excluding hydrogens is 408 g/mol. The second-order valence-corrected chi connectivity index (χ2v) is 6.92. The highest BCUT2D eigenvalue weighted by Gasteiger charge is 2.13. The molecule has 6 heteroatoms. The first kappa shape index (κ1) is 18.9. The van der Waals surface area contributed by atoms with E-state index in [0.29, 0.717) is 23.6 Å². The fourth-order valence-electron chi connectivity index (χ4n) is 2.55. The number of hydrogen-bond acceptors (Lipinski definition) is 3. The summed E-state index contributed by atoms with van der Waals surface area (Å²) in [5, 5.41) is 5.60. The summed E-state index contributed by atoms with van der Waals surface area (Å²) in [5.41, 5.74) is 2.11. The second-order valence-electron chi connectivity index (χ2n) is 6.00. The average Bonchev–Trinajstić information content (AvgIpc) is 3.13. The highest BCUT2D eigenvalue weighted by Crippen LogP contribution is 2.25. The number of halogens is 1. The molecule has 2 amide bonds. The molecule has 0 spiro atoms. The quantitative estimate of drug-likeness (QED) is 0.530. The molecule has 0 bridgehead atoms. The molecule has 0 saturated heterocycles. The first-order valence-electron chi connectivity index (χ1n) is 8.62. The molecular formula is C21H19BrN2O3. The molecule has 3 aromatic rings. The third-order valence-corrected chi connectivity index (χ3v) is 4.37. The zero-order valence-corrected chi connectivity index (χ0v) is 16.4. The van der Waals surface area contributed by atoms with Gasteiger partial charge in [0.25, 0.3) is 5.91 Å². The lowest BCUT2D eigenvalue weighted by molar-refractivity contribution is -0.116. The summed E-state index contributed by atoms with van der Waals surface area (Å²) >= 11 is 3.39. The number of carbonyl (C=O) groups excluding carboxylic acids is 2. The van der Waals surface area contributed by atoms with Crippen LogP contribution in [-0.4, -0.2) is 11.8 Å². The van der Waals surface area contributed by atoms with Crippen molar-refractivity contribution in [3.05, 3.63) is 70.9 Å². The van der Waals surface area contributed by atoms with Gasteiger partial charge in [0.05, 0.1) is 0 Å². The van der Waals surface area contributed by atoms with Gasteiger partial charge in [0.1, 0.15) is 5.76 Å². The maximum Gasteiger partial charge on any atom is 0.291 e. The van der Waals surface area contributed by atoms with E-state index >= 15 is 0 Å². The number of amides is 2. The molecule has 0 unspecified atom stereocenters. The van der Waals surface area contributed by atoms with Crippen LogP contribution in [0.4, 0.5) is 11.4 Å². The first-order chi connectivity index (χ1) is 13.0. The summed E-state index contributed by atoms with van der Waals surface area (Å²) in [4.78, 5) is 24.2. The van der Waals surface area contributed by atoms with Gasteiger partial charge in [0, 0.05) is 27.8 Å². The Morgan fingerprint density at radius 3 is 2.37 bits per heavy atom. The maximum atomic E-state index is 12.4. The van der Waals surface area contributed by atoms with E-state index in [2.05, 4.69) is 26.6 Å². The molecule has 0 radical (unpaired) electrons. The normalized spacial score (nSPS) is 10.4. The Morgan fingerprint density at radius 2 is 1.67 bits per heavy atom. The molecule has 138 valence electrons. The molecule has 2 N–H and O–H groups in total. The zero-order valence-electron chi connectivity index (χ0n) is 14.8. The Hall–Kier alpha value is -2.86. The number of benzene rings is 2. The van der Waals surface area contributed by atoms with Crippen molar-refractivity contribution in [2.75, 3.05) is 10.6 Å². The summed E-state index contributed by atoms with van der Waals surface area (Å²) < 4.78 is 6.65. The third-order valence-electron chi connectivity index (χ3n) is 3.84. The summed E-state index contributed by atoms with van der Waals surface area (Å²) in [6.07, 6.45) is 1.24. The van der Waals surface area contributed by atoms with Crippen LogP contribution >= 0.6 is 15.9 Å². The van der Waals surface area contributed by atoms with Crippen molar-refractivity contribution in [1.29, 1.82) is 0 Å². The van der Waals surface area contributed by atoms with Crippen molar-refractivity contribution < 1.29 is 14.0 Å². The van der Waals surface area contributed by atoms with Gasteiger partial charge in [-0.05, 0) is 48.9 Å². The lowest BCUT2D eigenvalue weighted by atomic mass is 10.2. The number of nitrogens with one attached hydrogen (secondary N) is 2. The van der Waals surface area contributed by atoms with Crippen molar-refractivity contribution >= 4 is 39.1 Å². The van der Waals surface area contributed by atoms with Gasteiger partial charge >= 0.3 is 0 Å². The third kappa shape index (κ3) is 5.08. The fraction of sp³-hybridized carbons (Fsp3) is 0.143. The standard InChI is InChI=1S/C21H19BrN2O3/c1-2-4-20(25)23-16-5-3-6-17(13-16)24-21(26)19-12-11-18(27-19)14-7-9-15(22)10-8-14/h3,5-13H,2,4H2,1H3,(H,23,25)(H,24,26). The predicted octanol–water partition coefficient (Wildman–Crippen LogP) is 5.70. The van der Waals surface area contributed by atoms with Crippen LogP contribution in [0.15, 0.2) is 69.6 Å². The Labute approximate surface area is 165 Å². The van der Waals surface area contributed by atoms with E-state index < -0.39 is 0 Å². The van der Waals surface area contributed by atoms with Crippen LogP contribution < -0.4 is 10.6 Å². The highest BCUT2D eigenvalue weighted by molar-refractivity contribution is 9.10. The van der Waals surface area contributed by atoms with Crippen molar-refractivity contribution in [2.45, 2.75) is 19.8 Å². The van der Waals surface area contributed by atoms with Crippen LogP contribution in [0.1, 0.15) is 30.3 Å². The Kier molecular flexibility index (Phi) is 6.08. The molecule has 1 heterocycles. The number of anilines is 2. The molecule has 0 aliphatic rings. The molecule has 1 aromatic heterocycles. The lowest BCUT2D eigenvalue weighted by Crippen LogP contribution is -2.13. The predicted molar refractivity (Wildman–Crippen MR) is 110 cm³/mol. The van der Waals surface area contributed by atoms with Crippen LogP contribution in [0, 0.1) is 0 Å². The minimum absolute atomic E-state index is 0.0499. The van der Waals surface area contributed by atoms with Gasteiger partial charge in [-0.1, -0.05) is 41.1 Å². The SMILES string of the molecule is CCCC(=O)Nc1cccc(NC(=O)c2ccc(-c3ccc(Br)cc3)o2)c1. The summed E-state index contributed by atoms with van der Waals surface area (Å²) in [6.45, 7) is 1.95. The molecule has 0 aliphatic carbocycles. The smallest absolute Gasteiger partial charge is 0.291 e. The minimum Gasteiger partial charge on any atom is -0.451 e. The van der Waals surface area contributed by atoms with Crippen molar-refractivity contribution in [1.82, 2.24) is 0 Å². The average molecular weight is 427 g/mol. The van der Waals surface area contributed by atoms with Crippen LogP contribution in [-0.2, 0) is 4.79 Å². The van der Waals surface area contributed by atoms with Crippen molar-refractivity contribution in [2.24, 2.45) is 0 Å². The van der Waals surface area contributed by atoms with E-state index in [1.807, 2.05) is 31.2 Å². The maximum absolute atomic E-state index is 12.4. The largest absolute Gasteiger partial charge is 0.451 e. The molecule has 0 atom stereocenters. The van der Waals surface area contributed by atoms with Gasteiger partial charge in [-0.2, -0.15) is 0 Å². The zero-order chi connectivity index (χ0) is 19.2. The van der Waals surface area contributed by atoms with Crippen LogP contribution in [0.5, 0.6) is 0 Å². The second kappa shape index (κ2) is 8.68. The molecule has 3 rings (SSSR count). The molecule has 5 nitrogen and oxygen atoms in total. The number of hydrogen-bond donors (Lipinski definition) is 2. The Morgan fingerprint density at radius 1 is 0.963 bits per heavy atom. The molecule has 27 heavy (non-hydrogen) atoms. The Balaban J connectivity index is 1.69. The van der Waals surface area contributed by atoms with Crippen molar-refractivity contribution in [3.8, 4) is 11.3 Å². The molecule has 0 saturated carbocycles. The summed E-state index contributed by atoms with van der Waals surface area (Å²) in [7, 11) is 0. The van der Waals surface area contributed by atoms with Crippen molar-refractivity contribution in [3.63, 3.8) is 0 Å². The van der Waals surface area contributed by atoms with Gasteiger partial charge in [0.2, 0.25) is 5.91 Å². The first-order valence-corrected chi connectivity index (χ1v) is 9.41. The van der Waals surface area contributed by atoms with Gasteiger partial charge in [-0.25, -0.2) is 0 Å². The number of carbonyl (C=O) groups is 2. The Bertz CT molecular complexity index is 948. The van der Waals surface area contributed by atoms with Crippen LogP contribution in [0.3, 0.4) is 0 Å². The van der Waals surface area contributed by atoms with Gasteiger partial charge in [-0.15, -0.1) is 0 Å². The topological polar surface area (TPSA) is 71.3 Å². The number of rotatable bonds is 6. The van der Waals surface area contributed by atoms with E-state index in [1.54, 1.807) is 36.4 Å². The fourth-order valence-corrected chi connectivity index (χ4v) is 2.81. The highest BCUT2D eigenvalue weighted by atomic mass is 79.9. The molecule has 0 aliphatic heterocycles. The van der Waals surface area contributed by atoms with E-state index in [0.717, 1.165) is 16.5 Å². The van der Waals surface area contributed by atoms with E-state index in [-0.39, 0.29) is 17.6 Å². The molecule has 0 fully saturated rings.